The molecule has 2 nitrogen and oxygen atoms in total. The number of halogens is 4. The maximum atomic E-state index is 13.7. The van der Waals surface area contributed by atoms with Gasteiger partial charge in [0.05, 0.1) is 11.2 Å². The van der Waals surface area contributed by atoms with Gasteiger partial charge >= 0.3 is 6.18 Å². The van der Waals surface area contributed by atoms with E-state index in [1.807, 2.05) is 0 Å². The molecule has 0 aromatic heterocycles. The van der Waals surface area contributed by atoms with E-state index in [0.29, 0.717) is 6.07 Å². The molecule has 2 heterocycles. The van der Waals surface area contributed by atoms with E-state index < -0.39 is 34.0 Å². The number of hydrogen-bond donors (Lipinski definition) is 1. The zero-order chi connectivity index (χ0) is 15.4. The van der Waals surface area contributed by atoms with Crippen LogP contribution in [0.5, 0.6) is 0 Å². The first-order chi connectivity index (χ1) is 9.71. The molecule has 1 aromatic rings. The van der Waals surface area contributed by atoms with Crippen molar-refractivity contribution in [3.63, 3.8) is 0 Å². The topological polar surface area (TPSA) is 37.3 Å². The summed E-state index contributed by atoms with van der Waals surface area (Å²) < 4.78 is 63.3. The third kappa shape index (κ3) is 2.50. The Morgan fingerprint density at radius 3 is 2.24 bits per heavy atom. The molecule has 2 bridgehead atoms. The lowest BCUT2D eigenvalue weighted by molar-refractivity contribution is -0.140. The van der Waals surface area contributed by atoms with Crippen molar-refractivity contribution in [2.45, 2.75) is 48.0 Å². The quantitative estimate of drug-likeness (QED) is 0.807. The first-order valence-electron chi connectivity index (χ1n) is 6.70. The summed E-state index contributed by atoms with van der Waals surface area (Å²) in [5, 5.41) is 10.4. The molecule has 2 aliphatic rings. The zero-order valence-electron chi connectivity index (χ0n) is 11.0. The third-order valence-corrected chi connectivity index (χ3v) is 6.53. The van der Waals surface area contributed by atoms with Gasteiger partial charge in [-0.3, -0.25) is 4.21 Å². The number of fused-ring (bicyclic) bond motifs is 2. The van der Waals surface area contributed by atoms with Gasteiger partial charge in [-0.15, -0.1) is 0 Å². The van der Waals surface area contributed by atoms with Gasteiger partial charge in [-0.05, 0) is 43.4 Å². The zero-order valence-corrected chi connectivity index (χ0v) is 11.8. The van der Waals surface area contributed by atoms with Gasteiger partial charge in [0.25, 0.3) is 0 Å². The van der Waals surface area contributed by atoms with Crippen molar-refractivity contribution in [3.05, 3.63) is 35.1 Å². The molecule has 7 heteroatoms. The number of aliphatic hydroxyl groups is 1. The lowest BCUT2D eigenvalue weighted by atomic mass is 9.85. The van der Waals surface area contributed by atoms with Gasteiger partial charge in [-0.25, -0.2) is 4.39 Å². The van der Waals surface area contributed by atoms with Crippen molar-refractivity contribution in [1.29, 1.82) is 0 Å². The van der Waals surface area contributed by atoms with E-state index in [1.54, 1.807) is 0 Å². The molecule has 1 aromatic carbocycles. The van der Waals surface area contributed by atoms with Crippen LogP contribution in [-0.2, 0) is 22.6 Å². The van der Waals surface area contributed by atoms with Gasteiger partial charge in [0.1, 0.15) is 5.82 Å². The maximum Gasteiger partial charge on any atom is 0.419 e. The Morgan fingerprint density at radius 2 is 1.76 bits per heavy atom. The molecule has 0 radical (unpaired) electrons. The first kappa shape index (κ1) is 15.0. The van der Waals surface area contributed by atoms with E-state index in [1.165, 1.54) is 0 Å². The molecule has 2 aliphatic heterocycles. The van der Waals surface area contributed by atoms with Gasteiger partial charge in [0.2, 0.25) is 0 Å². The monoisotopic (exact) mass is 322 g/mol. The van der Waals surface area contributed by atoms with Crippen LogP contribution in [0, 0.1) is 5.82 Å². The Morgan fingerprint density at radius 1 is 1.19 bits per heavy atom. The molecule has 0 aliphatic carbocycles. The van der Waals surface area contributed by atoms with E-state index in [4.69, 9.17) is 0 Å². The fraction of sp³-hybridized carbons (Fsp3) is 0.571. The Balaban J connectivity index is 1.94. The first-order valence-corrected chi connectivity index (χ1v) is 7.97. The highest BCUT2D eigenvalue weighted by atomic mass is 32.2. The van der Waals surface area contributed by atoms with E-state index in [0.717, 1.165) is 25.0 Å². The van der Waals surface area contributed by atoms with Crippen molar-refractivity contribution in [1.82, 2.24) is 0 Å². The van der Waals surface area contributed by atoms with Crippen molar-refractivity contribution in [2.75, 3.05) is 0 Å². The second-order valence-corrected chi connectivity index (χ2v) is 7.77. The largest absolute Gasteiger partial charge is 0.419 e. The fourth-order valence-corrected chi connectivity index (χ4v) is 5.51. The minimum atomic E-state index is -4.75. The molecule has 0 amide bonds. The van der Waals surface area contributed by atoms with Crippen LogP contribution in [0.15, 0.2) is 18.2 Å². The molecular weight excluding hydrogens is 308 g/mol. The molecule has 2 atom stereocenters. The second kappa shape index (κ2) is 4.78. The molecule has 1 N–H and O–H groups in total. The third-order valence-electron chi connectivity index (χ3n) is 4.41. The average Bonchev–Trinajstić information content (AvgIpc) is 2.61. The lowest BCUT2D eigenvalue weighted by Gasteiger charge is -2.36. The minimum Gasteiger partial charge on any atom is -0.385 e. The predicted octanol–water partition coefficient (Wildman–Crippen LogP) is 3.11. The normalized spacial score (nSPS) is 36.0. The molecule has 3 rings (SSSR count). The summed E-state index contributed by atoms with van der Waals surface area (Å²) in [7, 11) is -0.997. The van der Waals surface area contributed by atoms with Gasteiger partial charge in [-0.2, -0.15) is 13.2 Å². The molecule has 116 valence electrons. The van der Waals surface area contributed by atoms with Crippen molar-refractivity contribution >= 4 is 10.8 Å². The van der Waals surface area contributed by atoms with Crippen LogP contribution >= 0.6 is 0 Å². The summed E-state index contributed by atoms with van der Waals surface area (Å²) in [5.41, 5.74) is -2.58. The van der Waals surface area contributed by atoms with Crippen molar-refractivity contribution < 1.29 is 26.9 Å². The van der Waals surface area contributed by atoms with Crippen molar-refractivity contribution in [2.24, 2.45) is 0 Å². The molecule has 2 fully saturated rings. The molecule has 2 unspecified atom stereocenters. The molecule has 2 saturated heterocycles. The van der Waals surface area contributed by atoms with Crippen LogP contribution in [0.25, 0.3) is 0 Å². The van der Waals surface area contributed by atoms with E-state index in [9.17, 15) is 26.9 Å². The Bertz CT molecular complexity index is 583. The number of hydrogen-bond acceptors (Lipinski definition) is 2. The Labute approximate surface area is 121 Å². The number of benzene rings is 1. The number of alkyl halides is 3. The number of rotatable bonds is 1. The summed E-state index contributed by atoms with van der Waals surface area (Å²) in [4.78, 5) is 0. The van der Waals surface area contributed by atoms with Crippen LogP contribution < -0.4 is 0 Å². The minimum absolute atomic E-state index is 0.140. The fourth-order valence-electron chi connectivity index (χ4n) is 3.35. The van der Waals surface area contributed by atoms with Crippen LogP contribution in [-0.4, -0.2) is 19.8 Å². The molecule has 0 saturated carbocycles. The summed E-state index contributed by atoms with van der Waals surface area (Å²) in [5.74, 6) is -1.38. The summed E-state index contributed by atoms with van der Waals surface area (Å²) in [6.07, 6.45) is -2.86. The SMILES string of the molecule is O=S1C2CCC1CC(O)(c1ccc(C(F)(F)F)c(F)c1)C2. The average molecular weight is 322 g/mol. The maximum absolute atomic E-state index is 13.7. The highest BCUT2D eigenvalue weighted by Crippen LogP contribution is 2.46. The highest BCUT2D eigenvalue weighted by molar-refractivity contribution is 7.86. The Hall–Kier alpha value is -0.950. The molecular formula is C14H14F4O2S. The summed E-state index contributed by atoms with van der Waals surface area (Å²) >= 11 is 0. The van der Waals surface area contributed by atoms with Crippen LogP contribution in [0.3, 0.4) is 0 Å². The van der Waals surface area contributed by atoms with Crippen molar-refractivity contribution in [3.8, 4) is 0 Å². The van der Waals surface area contributed by atoms with E-state index in [2.05, 4.69) is 0 Å². The van der Waals surface area contributed by atoms with Crippen LogP contribution in [0.4, 0.5) is 17.6 Å². The van der Waals surface area contributed by atoms with Gasteiger partial charge in [0.15, 0.2) is 0 Å². The molecule has 0 spiro atoms. The standard InChI is InChI=1S/C14H14F4O2S/c15-12-5-8(1-4-11(12)14(16,17)18)13(19)6-9-2-3-10(7-13)21(9)20/h1,4-5,9-10,19H,2-3,6-7H2. The summed E-state index contributed by atoms with van der Waals surface area (Å²) in [6, 6.07) is 2.55. The Kier molecular flexibility index (Phi) is 3.40. The second-order valence-electron chi connectivity index (χ2n) is 5.78. The molecule has 21 heavy (non-hydrogen) atoms. The highest BCUT2D eigenvalue weighted by Gasteiger charge is 2.48. The van der Waals surface area contributed by atoms with E-state index in [-0.39, 0.29) is 28.9 Å². The van der Waals surface area contributed by atoms with E-state index >= 15 is 0 Å². The van der Waals surface area contributed by atoms with Gasteiger partial charge in [-0.1, -0.05) is 6.07 Å². The smallest absolute Gasteiger partial charge is 0.385 e. The van der Waals surface area contributed by atoms with Gasteiger partial charge in [0, 0.05) is 21.3 Å². The van der Waals surface area contributed by atoms with Gasteiger partial charge < -0.3 is 5.11 Å². The van der Waals surface area contributed by atoms with Crippen LogP contribution in [0.1, 0.15) is 36.8 Å². The summed E-state index contributed by atoms with van der Waals surface area (Å²) in [6.45, 7) is 0. The lowest BCUT2D eigenvalue weighted by Crippen LogP contribution is -2.40. The predicted molar refractivity (Wildman–Crippen MR) is 69.5 cm³/mol. The van der Waals surface area contributed by atoms with Crippen LogP contribution in [0.2, 0.25) is 0 Å².